The largest absolute Gasteiger partial charge is 0.508 e. The Morgan fingerprint density at radius 2 is 1.67 bits per heavy atom. The molecule has 1 atom stereocenters. The van der Waals surface area contributed by atoms with Crippen molar-refractivity contribution < 1.29 is 20.1 Å². The van der Waals surface area contributed by atoms with Gasteiger partial charge >= 0.3 is 5.97 Å². The molecule has 2 aromatic rings. The molecule has 0 saturated heterocycles. The number of phenols is 1. The van der Waals surface area contributed by atoms with Crippen LogP contribution in [0.5, 0.6) is 5.75 Å². The van der Waals surface area contributed by atoms with Crippen molar-refractivity contribution in [2.75, 3.05) is 6.61 Å². The molecule has 0 radical (unpaired) electrons. The third-order valence-corrected chi connectivity index (χ3v) is 3.20. The summed E-state index contributed by atoms with van der Waals surface area (Å²) in [5, 5.41) is 29.3. The van der Waals surface area contributed by atoms with Crippen LogP contribution in [0.2, 0.25) is 0 Å². The molecular weight excluding hydrogens is 306 g/mol. The fraction of sp³-hybridized carbons (Fsp3) is 0.211. The van der Waals surface area contributed by atoms with Gasteiger partial charge in [0.1, 0.15) is 11.8 Å². The zero-order valence-electron chi connectivity index (χ0n) is 13.4. The van der Waals surface area contributed by atoms with Gasteiger partial charge in [0, 0.05) is 6.54 Å². The normalized spacial score (nSPS) is 11.0. The molecule has 0 saturated carbocycles. The number of rotatable bonds is 7. The highest BCUT2D eigenvalue weighted by molar-refractivity contribution is 5.73. The zero-order valence-corrected chi connectivity index (χ0v) is 13.4. The van der Waals surface area contributed by atoms with E-state index in [2.05, 4.69) is 11.9 Å². The van der Waals surface area contributed by atoms with Gasteiger partial charge in [-0.25, -0.2) is 0 Å². The van der Waals surface area contributed by atoms with E-state index in [9.17, 15) is 15.0 Å². The Hall–Kier alpha value is -2.63. The molecule has 0 aliphatic rings. The summed E-state index contributed by atoms with van der Waals surface area (Å²) in [5.74, 6) is -0.702. The zero-order chi connectivity index (χ0) is 17.8. The van der Waals surface area contributed by atoms with Gasteiger partial charge < -0.3 is 20.6 Å². The van der Waals surface area contributed by atoms with Gasteiger partial charge in [-0.05, 0) is 29.7 Å². The summed E-state index contributed by atoms with van der Waals surface area (Å²) < 4.78 is 0. The van der Waals surface area contributed by atoms with E-state index in [4.69, 9.17) is 5.11 Å². The Morgan fingerprint density at radius 3 is 2.17 bits per heavy atom. The number of aromatic hydroxyl groups is 1. The molecule has 128 valence electrons. The van der Waals surface area contributed by atoms with Crippen LogP contribution in [0.25, 0.3) is 0 Å². The summed E-state index contributed by atoms with van der Waals surface area (Å²) in [7, 11) is 0. The highest BCUT2D eigenvalue weighted by atomic mass is 16.4. The van der Waals surface area contributed by atoms with Crippen LogP contribution in [-0.2, 0) is 17.8 Å². The first-order valence-corrected chi connectivity index (χ1v) is 7.56. The summed E-state index contributed by atoms with van der Waals surface area (Å²) in [4.78, 5) is 11.3. The number of carboxylic acids is 1. The summed E-state index contributed by atoms with van der Waals surface area (Å²) in [5.41, 5.74) is 1.92. The van der Waals surface area contributed by atoms with E-state index in [1.807, 2.05) is 30.3 Å². The molecule has 0 spiro atoms. The summed E-state index contributed by atoms with van der Waals surface area (Å²) >= 11 is 0. The Morgan fingerprint density at radius 1 is 1.08 bits per heavy atom. The average molecular weight is 329 g/mol. The van der Waals surface area contributed by atoms with Crippen LogP contribution in [0.15, 0.2) is 67.3 Å². The number of benzene rings is 2. The molecule has 0 bridgehead atoms. The number of nitrogens with one attached hydrogen (secondary N) is 1. The number of aliphatic carboxylic acids is 1. The number of carbonyl (C=O) groups is 1. The Balaban J connectivity index is 0.000000648. The van der Waals surface area contributed by atoms with E-state index in [-0.39, 0.29) is 12.4 Å². The first kappa shape index (κ1) is 19.4. The van der Waals surface area contributed by atoms with Crippen LogP contribution in [0, 0.1) is 0 Å². The van der Waals surface area contributed by atoms with E-state index in [1.54, 1.807) is 24.3 Å². The van der Waals surface area contributed by atoms with E-state index < -0.39 is 12.0 Å². The first-order valence-electron chi connectivity index (χ1n) is 7.56. The van der Waals surface area contributed by atoms with Gasteiger partial charge in [-0.2, -0.15) is 0 Å². The maximum absolute atomic E-state index is 11.3. The molecule has 0 aliphatic heterocycles. The second kappa shape index (κ2) is 11.0. The van der Waals surface area contributed by atoms with Crippen molar-refractivity contribution in [1.82, 2.24) is 5.32 Å². The van der Waals surface area contributed by atoms with Crippen LogP contribution in [0.1, 0.15) is 11.1 Å². The fourth-order valence-corrected chi connectivity index (χ4v) is 1.95. The Labute approximate surface area is 141 Å². The second-order valence-corrected chi connectivity index (χ2v) is 5.10. The van der Waals surface area contributed by atoms with Crippen molar-refractivity contribution in [2.24, 2.45) is 0 Å². The molecule has 0 heterocycles. The summed E-state index contributed by atoms with van der Waals surface area (Å²) in [6, 6.07) is 15.6. The molecule has 2 aromatic carbocycles. The number of hydrogen-bond acceptors (Lipinski definition) is 4. The summed E-state index contributed by atoms with van der Waals surface area (Å²) in [6.07, 6.45) is 1.81. The van der Waals surface area contributed by atoms with Crippen molar-refractivity contribution >= 4 is 5.97 Å². The molecular formula is C19H23NO4. The minimum Gasteiger partial charge on any atom is -0.508 e. The van der Waals surface area contributed by atoms with Gasteiger partial charge in [0.25, 0.3) is 0 Å². The molecule has 4 N–H and O–H groups in total. The molecule has 5 heteroatoms. The molecule has 0 aliphatic carbocycles. The third kappa shape index (κ3) is 7.58. The van der Waals surface area contributed by atoms with Crippen molar-refractivity contribution in [3.8, 4) is 5.75 Å². The molecule has 24 heavy (non-hydrogen) atoms. The van der Waals surface area contributed by atoms with Crippen molar-refractivity contribution in [3.05, 3.63) is 78.4 Å². The van der Waals surface area contributed by atoms with E-state index in [1.165, 1.54) is 6.08 Å². The maximum atomic E-state index is 11.3. The van der Waals surface area contributed by atoms with Crippen LogP contribution < -0.4 is 5.32 Å². The van der Waals surface area contributed by atoms with Gasteiger partial charge in [0.2, 0.25) is 0 Å². The lowest BCUT2D eigenvalue weighted by molar-refractivity contribution is -0.139. The third-order valence-electron chi connectivity index (χ3n) is 3.20. The highest BCUT2D eigenvalue weighted by Crippen LogP contribution is 2.11. The topological polar surface area (TPSA) is 89.8 Å². The lowest BCUT2D eigenvalue weighted by atomic mass is 10.1. The van der Waals surface area contributed by atoms with Gasteiger partial charge in [0.15, 0.2) is 0 Å². The quantitative estimate of drug-likeness (QED) is 0.586. The first-order chi connectivity index (χ1) is 11.6. The van der Waals surface area contributed by atoms with E-state index in [0.29, 0.717) is 13.0 Å². The number of phenolic OH excluding ortho intramolecular Hbond substituents is 1. The minimum absolute atomic E-state index is 0.0833. The van der Waals surface area contributed by atoms with E-state index in [0.717, 1.165) is 11.1 Å². The molecule has 2 rings (SSSR count). The molecule has 0 amide bonds. The lowest BCUT2D eigenvalue weighted by Crippen LogP contribution is -2.38. The molecule has 0 aromatic heterocycles. The van der Waals surface area contributed by atoms with Gasteiger partial charge in [-0.15, -0.1) is 6.58 Å². The molecule has 5 nitrogen and oxygen atoms in total. The molecule has 0 fully saturated rings. The SMILES string of the molecule is C=CCO.O=C(O)C(Cc1ccc(O)cc1)NCc1ccccc1. The van der Waals surface area contributed by atoms with Gasteiger partial charge in [-0.3, -0.25) is 4.79 Å². The van der Waals surface area contributed by atoms with Crippen molar-refractivity contribution in [1.29, 1.82) is 0 Å². The van der Waals surface area contributed by atoms with Crippen LogP contribution in [-0.4, -0.2) is 33.9 Å². The van der Waals surface area contributed by atoms with Crippen molar-refractivity contribution in [2.45, 2.75) is 19.0 Å². The van der Waals surface area contributed by atoms with Gasteiger partial charge in [-0.1, -0.05) is 48.5 Å². The van der Waals surface area contributed by atoms with Crippen LogP contribution >= 0.6 is 0 Å². The molecule has 1 unspecified atom stereocenters. The maximum Gasteiger partial charge on any atom is 0.321 e. The fourth-order valence-electron chi connectivity index (χ4n) is 1.95. The summed E-state index contributed by atoms with van der Waals surface area (Å²) in [6.45, 7) is 3.82. The number of aliphatic hydroxyl groups is 1. The standard InChI is InChI=1S/C16H17NO3.C3H6O/c18-14-8-6-12(7-9-14)10-15(16(19)20)17-11-13-4-2-1-3-5-13;1-2-3-4/h1-9,15,17-18H,10-11H2,(H,19,20);2,4H,1,3H2. The van der Waals surface area contributed by atoms with Gasteiger partial charge in [0.05, 0.1) is 6.61 Å². The van der Waals surface area contributed by atoms with Crippen LogP contribution in [0.4, 0.5) is 0 Å². The Bertz CT molecular complexity index is 611. The Kier molecular flexibility index (Phi) is 8.89. The monoisotopic (exact) mass is 329 g/mol. The number of hydrogen-bond donors (Lipinski definition) is 4. The average Bonchev–Trinajstić information content (AvgIpc) is 2.61. The minimum atomic E-state index is -0.881. The number of carboxylic acid groups (broad SMARTS) is 1. The van der Waals surface area contributed by atoms with Crippen molar-refractivity contribution in [3.63, 3.8) is 0 Å². The second-order valence-electron chi connectivity index (χ2n) is 5.10. The lowest BCUT2D eigenvalue weighted by Gasteiger charge is -2.14. The van der Waals surface area contributed by atoms with Crippen LogP contribution in [0.3, 0.4) is 0 Å². The highest BCUT2D eigenvalue weighted by Gasteiger charge is 2.17. The predicted molar refractivity (Wildman–Crippen MR) is 93.8 cm³/mol. The smallest absolute Gasteiger partial charge is 0.321 e. The predicted octanol–water partition coefficient (Wildman–Crippen LogP) is 2.34. The number of aliphatic hydroxyl groups excluding tert-OH is 1. The van der Waals surface area contributed by atoms with E-state index >= 15 is 0 Å².